The van der Waals surface area contributed by atoms with Crippen LogP contribution in [0.1, 0.15) is 118 Å². The second-order valence-corrected chi connectivity index (χ2v) is 13.6. The van der Waals surface area contributed by atoms with Crippen molar-refractivity contribution < 1.29 is 14.3 Å². The van der Waals surface area contributed by atoms with Crippen LogP contribution in [0.5, 0.6) is 0 Å². The standard InChI is InChI=1S/C32H52O3/c1-22(2)10-8-7-9-11-24-13-15-28-27-14-12-25-20-26(35-30(33)34-21-23(3)4)16-18-32(25,6)29(27)17-19-31(24,28)5/h12,22,24,26-29H,3,7-11,13-21H2,1-2,4-6H3/t24-,26+,27+,28+,29+,31-,32-/m1/s1. The van der Waals surface area contributed by atoms with E-state index in [0.29, 0.717) is 10.8 Å². The van der Waals surface area contributed by atoms with Crippen molar-refractivity contribution >= 4 is 6.16 Å². The SMILES string of the molecule is C=C(C)COC(=O)O[C@H]1CC[C@]2(C)C(=CC[C@H]3[C@@H]4CC[C@@H](CCCCCC(C)C)[C@@]4(C)CC[C@@H]32)C1. The van der Waals surface area contributed by atoms with E-state index in [-0.39, 0.29) is 12.7 Å². The van der Waals surface area contributed by atoms with Gasteiger partial charge in [0.1, 0.15) is 12.7 Å². The van der Waals surface area contributed by atoms with E-state index in [9.17, 15) is 4.79 Å². The lowest BCUT2D eigenvalue weighted by molar-refractivity contribution is -0.0559. The number of unbranched alkanes of at least 4 members (excludes halogenated alkanes) is 2. The van der Waals surface area contributed by atoms with Gasteiger partial charge in [0.25, 0.3) is 0 Å². The van der Waals surface area contributed by atoms with Crippen LogP contribution in [-0.4, -0.2) is 18.9 Å². The van der Waals surface area contributed by atoms with Crippen LogP contribution in [0.15, 0.2) is 23.8 Å². The molecule has 35 heavy (non-hydrogen) atoms. The molecule has 0 aromatic carbocycles. The van der Waals surface area contributed by atoms with Gasteiger partial charge in [0.05, 0.1) is 0 Å². The summed E-state index contributed by atoms with van der Waals surface area (Å²) in [5, 5.41) is 0. The number of carbonyl (C=O) groups is 1. The van der Waals surface area contributed by atoms with E-state index in [1.54, 1.807) is 5.57 Å². The maximum absolute atomic E-state index is 12.1. The molecule has 0 heterocycles. The molecule has 7 atom stereocenters. The number of fused-ring (bicyclic) bond motifs is 5. The molecule has 0 unspecified atom stereocenters. The monoisotopic (exact) mass is 484 g/mol. The summed E-state index contributed by atoms with van der Waals surface area (Å²) in [7, 11) is 0. The molecule has 4 rings (SSSR count). The van der Waals surface area contributed by atoms with Crippen molar-refractivity contribution in [1.82, 2.24) is 0 Å². The summed E-state index contributed by atoms with van der Waals surface area (Å²) >= 11 is 0. The first kappa shape index (κ1) is 26.8. The quantitative estimate of drug-likeness (QED) is 0.186. The Labute approximate surface area is 215 Å². The van der Waals surface area contributed by atoms with E-state index in [4.69, 9.17) is 9.47 Å². The van der Waals surface area contributed by atoms with Crippen LogP contribution in [0.25, 0.3) is 0 Å². The Morgan fingerprint density at radius 2 is 1.89 bits per heavy atom. The maximum Gasteiger partial charge on any atom is 0.508 e. The van der Waals surface area contributed by atoms with E-state index in [2.05, 4.69) is 40.3 Å². The van der Waals surface area contributed by atoms with Gasteiger partial charge in [-0.2, -0.15) is 0 Å². The van der Waals surface area contributed by atoms with Crippen molar-refractivity contribution in [3.8, 4) is 0 Å². The third kappa shape index (κ3) is 5.69. The lowest BCUT2D eigenvalue weighted by Gasteiger charge is -2.58. The number of hydrogen-bond acceptors (Lipinski definition) is 3. The number of rotatable bonds is 9. The third-order valence-electron chi connectivity index (χ3n) is 10.8. The molecule has 0 saturated heterocycles. The van der Waals surface area contributed by atoms with Gasteiger partial charge in [-0.1, -0.05) is 71.6 Å². The number of ether oxygens (including phenoxy) is 2. The van der Waals surface area contributed by atoms with Crippen LogP contribution in [-0.2, 0) is 9.47 Å². The highest BCUT2D eigenvalue weighted by atomic mass is 16.7. The molecule has 198 valence electrons. The molecule has 3 saturated carbocycles. The molecule has 0 spiro atoms. The maximum atomic E-state index is 12.1. The van der Waals surface area contributed by atoms with Crippen molar-refractivity contribution in [3.05, 3.63) is 23.8 Å². The molecule has 0 aromatic heterocycles. The minimum atomic E-state index is -0.537. The molecule has 0 radical (unpaired) electrons. The fraction of sp³-hybridized carbons (Fsp3) is 0.844. The van der Waals surface area contributed by atoms with Crippen LogP contribution in [0.3, 0.4) is 0 Å². The van der Waals surface area contributed by atoms with Gasteiger partial charge in [0, 0.05) is 6.42 Å². The van der Waals surface area contributed by atoms with Gasteiger partial charge < -0.3 is 9.47 Å². The number of allylic oxidation sites excluding steroid dienone is 1. The molecule has 0 aromatic rings. The summed E-state index contributed by atoms with van der Waals surface area (Å²) in [4.78, 5) is 12.1. The predicted octanol–water partition coefficient (Wildman–Crippen LogP) is 9.27. The van der Waals surface area contributed by atoms with Gasteiger partial charge in [-0.05, 0) is 104 Å². The number of carbonyl (C=O) groups excluding carboxylic acids is 1. The van der Waals surface area contributed by atoms with Crippen LogP contribution in [0.4, 0.5) is 4.79 Å². The number of hydrogen-bond donors (Lipinski definition) is 0. The van der Waals surface area contributed by atoms with Crippen molar-refractivity contribution in [1.29, 1.82) is 0 Å². The molecule has 3 nitrogen and oxygen atoms in total. The summed E-state index contributed by atoms with van der Waals surface area (Å²) in [6.45, 7) is 15.8. The zero-order valence-electron chi connectivity index (χ0n) is 23.4. The Kier molecular flexibility index (Phi) is 8.43. The van der Waals surface area contributed by atoms with Gasteiger partial charge in [-0.25, -0.2) is 4.79 Å². The van der Waals surface area contributed by atoms with Gasteiger partial charge >= 0.3 is 6.16 Å². The van der Waals surface area contributed by atoms with E-state index in [1.165, 1.54) is 64.2 Å². The second-order valence-electron chi connectivity index (χ2n) is 13.6. The summed E-state index contributed by atoms with van der Waals surface area (Å²) in [5.41, 5.74) is 3.25. The molecule has 0 amide bonds. The van der Waals surface area contributed by atoms with Crippen LogP contribution in [0, 0.1) is 40.4 Å². The zero-order chi connectivity index (χ0) is 25.2. The average molecular weight is 485 g/mol. The fourth-order valence-corrected chi connectivity index (χ4v) is 8.78. The van der Waals surface area contributed by atoms with Crippen molar-refractivity contribution in [2.75, 3.05) is 6.61 Å². The lowest BCUT2D eigenvalue weighted by Crippen LogP contribution is -2.50. The first-order valence-electron chi connectivity index (χ1n) is 14.8. The largest absolute Gasteiger partial charge is 0.508 e. The summed E-state index contributed by atoms with van der Waals surface area (Å²) in [6, 6.07) is 0. The van der Waals surface area contributed by atoms with Crippen molar-refractivity contribution in [2.45, 2.75) is 124 Å². The van der Waals surface area contributed by atoms with E-state index < -0.39 is 6.16 Å². The van der Waals surface area contributed by atoms with Gasteiger partial charge in [-0.15, -0.1) is 0 Å². The van der Waals surface area contributed by atoms with E-state index >= 15 is 0 Å². The topological polar surface area (TPSA) is 35.5 Å². The smallest absolute Gasteiger partial charge is 0.431 e. The highest BCUT2D eigenvalue weighted by Crippen LogP contribution is 2.66. The summed E-state index contributed by atoms with van der Waals surface area (Å²) in [5.74, 6) is 4.36. The lowest BCUT2D eigenvalue weighted by atomic mass is 9.47. The Bertz CT molecular complexity index is 797. The highest BCUT2D eigenvalue weighted by molar-refractivity contribution is 5.60. The Balaban J connectivity index is 1.35. The normalized spacial score (nSPS) is 38.2. The Hall–Kier alpha value is -1.25. The molecular formula is C32H52O3. The van der Waals surface area contributed by atoms with Gasteiger partial charge in [0.15, 0.2) is 0 Å². The first-order valence-corrected chi connectivity index (χ1v) is 14.8. The average Bonchev–Trinajstić information content (AvgIpc) is 3.14. The second kappa shape index (κ2) is 11.0. The molecule has 0 N–H and O–H groups in total. The third-order valence-corrected chi connectivity index (χ3v) is 10.8. The van der Waals surface area contributed by atoms with E-state index in [1.807, 2.05) is 6.92 Å². The molecule has 3 heteroatoms. The zero-order valence-corrected chi connectivity index (χ0v) is 23.4. The Morgan fingerprint density at radius 1 is 1.09 bits per heavy atom. The van der Waals surface area contributed by atoms with Crippen LogP contribution in [0.2, 0.25) is 0 Å². The highest BCUT2D eigenvalue weighted by Gasteiger charge is 2.58. The predicted molar refractivity (Wildman–Crippen MR) is 144 cm³/mol. The van der Waals surface area contributed by atoms with Crippen LogP contribution >= 0.6 is 0 Å². The van der Waals surface area contributed by atoms with Crippen molar-refractivity contribution in [3.63, 3.8) is 0 Å². The van der Waals surface area contributed by atoms with Gasteiger partial charge in [-0.3, -0.25) is 0 Å². The minimum Gasteiger partial charge on any atom is -0.431 e. The minimum absolute atomic E-state index is 0.0380. The Morgan fingerprint density at radius 3 is 2.63 bits per heavy atom. The van der Waals surface area contributed by atoms with Gasteiger partial charge in [0.2, 0.25) is 0 Å². The fourth-order valence-electron chi connectivity index (χ4n) is 8.78. The van der Waals surface area contributed by atoms with E-state index in [0.717, 1.165) is 54.4 Å². The molecule has 4 aliphatic rings. The molecule has 3 fully saturated rings. The molecular weight excluding hydrogens is 432 g/mol. The summed E-state index contributed by atoms with van der Waals surface area (Å²) in [6.07, 6.45) is 19.1. The van der Waals surface area contributed by atoms with Crippen molar-refractivity contribution in [2.24, 2.45) is 40.4 Å². The molecule has 0 bridgehead atoms. The molecule has 0 aliphatic heterocycles. The first-order chi connectivity index (χ1) is 16.6. The van der Waals surface area contributed by atoms with Crippen LogP contribution < -0.4 is 0 Å². The molecule has 4 aliphatic carbocycles. The summed E-state index contributed by atoms with van der Waals surface area (Å²) < 4.78 is 10.9.